The molecule has 1 unspecified atom stereocenters. The van der Waals surface area contributed by atoms with E-state index < -0.39 is 0 Å². The topological polar surface area (TPSA) is 64.2 Å². The highest BCUT2D eigenvalue weighted by molar-refractivity contribution is 6.30. The molecule has 27 heavy (non-hydrogen) atoms. The Morgan fingerprint density at radius 2 is 1.93 bits per heavy atom. The Morgan fingerprint density at radius 3 is 2.48 bits per heavy atom. The third kappa shape index (κ3) is 4.31. The first-order valence-electron chi connectivity index (χ1n) is 9.09. The van der Waals surface area contributed by atoms with Crippen LogP contribution in [0.4, 0.5) is 0 Å². The van der Waals surface area contributed by atoms with E-state index in [0.717, 1.165) is 17.8 Å². The van der Waals surface area contributed by atoms with E-state index in [2.05, 4.69) is 32.8 Å². The average molecular weight is 411 g/mol. The zero-order chi connectivity index (χ0) is 19.1. The smallest absolute Gasteiger partial charge is 0.257 e. The lowest BCUT2D eigenvalue weighted by molar-refractivity contribution is 0.0531. The second-order valence-corrected chi connectivity index (χ2v) is 8.53. The molecule has 1 amide bonds. The molecule has 1 aromatic carbocycles. The maximum atomic E-state index is 13.2. The lowest BCUT2D eigenvalue weighted by Gasteiger charge is -2.42. The van der Waals surface area contributed by atoms with Gasteiger partial charge in [0.15, 0.2) is 0 Å². The Balaban J connectivity index is 0.00000261. The van der Waals surface area contributed by atoms with Crippen molar-refractivity contribution in [2.24, 2.45) is 11.1 Å². The monoisotopic (exact) mass is 410 g/mol. The van der Waals surface area contributed by atoms with Crippen molar-refractivity contribution in [2.45, 2.75) is 46.1 Å². The molecule has 1 aromatic heterocycles. The van der Waals surface area contributed by atoms with E-state index in [1.807, 2.05) is 33.8 Å². The van der Waals surface area contributed by atoms with Gasteiger partial charge in [0.2, 0.25) is 0 Å². The van der Waals surface area contributed by atoms with Crippen LogP contribution in [-0.4, -0.2) is 39.7 Å². The van der Waals surface area contributed by atoms with Crippen LogP contribution in [0.2, 0.25) is 5.02 Å². The number of hydrogen-bond donors (Lipinski definition) is 1. The fourth-order valence-electron chi connectivity index (χ4n) is 3.58. The number of nitrogens with two attached hydrogens (primary N) is 1. The predicted molar refractivity (Wildman–Crippen MR) is 112 cm³/mol. The van der Waals surface area contributed by atoms with Gasteiger partial charge in [-0.2, -0.15) is 5.10 Å². The van der Waals surface area contributed by atoms with Crippen molar-refractivity contribution in [3.63, 3.8) is 0 Å². The molecule has 0 bridgehead atoms. The molecule has 1 atom stereocenters. The molecule has 2 heterocycles. The highest BCUT2D eigenvalue weighted by Crippen LogP contribution is 2.30. The van der Waals surface area contributed by atoms with Crippen LogP contribution in [0.3, 0.4) is 0 Å². The standard InChI is InChI=1S/C20H27ClN4O.ClH/c1-13(2)18-16(11-23-25(18)15-7-5-14(21)6-8-15)19(26)24-10-9-17(22)20(3,4)12-24;/h5-8,11,13,17H,9-10,12,22H2,1-4H3;1H. The number of hydrogen-bond acceptors (Lipinski definition) is 3. The molecular formula is C20H28Cl2N4O. The minimum Gasteiger partial charge on any atom is -0.338 e. The first kappa shape index (κ1) is 21.7. The minimum absolute atomic E-state index is 0. The van der Waals surface area contributed by atoms with Crippen LogP contribution in [0.15, 0.2) is 30.5 Å². The van der Waals surface area contributed by atoms with Crippen molar-refractivity contribution in [1.82, 2.24) is 14.7 Å². The molecular weight excluding hydrogens is 383 g/mol. The van der Waals surface area contributed by atoms with Gasteiger partial charge in [0.25, 0.3) is 5.91 Å². The maximum absolute atomic E-state index is 13.2. The Bertz CT molecular complexity index is 799. The lowest BCUT2D eigenvalue weighted by Crippen LogP contribution is -2.54. The van der Waals surface area contributed by atoms with Gasteiger partial charge in [-0.15, -0.1) is 12.4 Å². The Kier molecular flexibility index (Phi) is 6.61. The van der Waals surface area contributed by atoms with Gasteiger partial charge in [-0.05, 0) is 42.0 Å². The van der Waals surface area contributed by atoms with Gasteiger partial charge >= 0.3 is 0 Å². The first-order valence-corrected chi connectivity index (χ1v) is 9.47. The van der Waals surface area contributed by atoms with E-state index in [4.69, 9.17) is 17.3 Å². The van der Waals surface area contributed by atoms with Gasteiger partial charge in [0.05, 0.1) is 23.1 Å². The van der Waals surface area contributed by atoms with Crippen molar-refractivity contribution in [1.29, 1.82) is 0 Å². The second kappa shape index (κ2) is 8.21. The molecule has 148 valence electrons. The summed E-state index contributed by atoms with van der Waals surface area (Å²) in [5, 5.41) is 5.18. The maximum Gasteiger partial charge on any atom is 0.257 e. The van der Waals surface area contributed by atoms with Crippen LogP contribution in [0.1, 0.15) is 56.1 Å². The zero-order valence-corrected chi connectivity index (χ0v) is 17.8. The van der Waals surface area contributed by atoms with Gasteiger partial charge < -0.3 is 10.6 Å². The SMILES string of the molecule is CC(C)c1c(C(=O)N2CCC(N)C(C)(C)C2)cnn1-c1ccc(Cl)cc1.Cl. The summed E-state index contributed by atoms with van der Waals surface area (Å²) in [5.41, 5.74) is 8.62. The highest BCUT2D eigenvalue weighted by Gasteiger charge is 2.36. The molecule has 2 N–H and O–H groups in total. The number of carbonyl (C=O) groups excluding carboxylic acids is 1. The molecule has 0 radical (unpaired) electrons. The number of benzene rings is 1. The quantitative estimate of drug-likeness (QED) is 0.821. The van der Waals surface area contributed by atoms with E-state index in [1.165, 1.54) is 0 Å². The first-order chi connectivity index (χ1) is 12.2. The van der Waals surface area contributed by atoms with Crippen molar-refractivity contribution < 1.29 is 4.79 Å². The Labute approximate surface area is 172 Å². The number of likely N-dealkylation sites (tertiary alicyclic amines) is 1. The van der Waals surface area contributed by atoms with Crippen molar-refractivity contribution in [3.05, 3.63) is 46.7 Å². The zero-order valence-electron chi connectivity index (χ0n) is 16.3. The largest absolute Gasteiger partial charge is 0.338 e. The summed E-state index contributed by atoms with van der Waals surface area (Å²) in [7, 11) is 0. The third-order valence-corrected chi connectivity index (χ3v) is 5.51. The third-order valence-electron chi connectivity index (χ3n) is 5.25. The van der Waals surface area contributed by atoms with Crippen LogP contribution in [0, 0.1) is 5.41 Å². The number of piperidine rings is 1. The molecule has 7 heteroatoms. The highest BCUT2D eigenvalue weighted by atomic mass is 35.5. The fraction of sp³-hybridized carbons (Fsp3) is 0.500. The summed E-state index contributed by atoms with van der Waals surface area (Å²) in [6.45, 7) is 9.76. The molecule has 3 rings (SSSR count). The predicted octanol–water partition coefficient (Wildman–Crippen LogP) is 4.27. The number of amides is 1. The van der Waals surface area contributed by atoms with E-state index in [0.29, 0.717) is 23.7 Å². The Hall–Kier alpha value is -1.56. The molecule has 1 aliphatic heterocycles. The normalized spacial score (nSPS) is 19.1. The van der Waals surface area contributed by atoms with E-state index in [-0.39, 0.29) is 35.7 Å². The van der Waals surface area contributed by atoms with Gasteiger partial charge in [0, 0.05) is 24.2 Å². The van der Waals surface area contributed by atoms with Crippen LogP contribution in [0.25, 0.3) is 5.69 Å². The number of rotatable bonds is 3. The molecule has 1 fully saturated rings. The molecule has 2 aromatic rings. The summed E-state index contributed by atoms with van der Waals surface area (Å²) < 4.78 is 1.84. The average Bonchev–Trinajstić information content (AvgIpc) is 3.02. The number of nitrogens with zero attached hydrogens (tertiary/aromatic N) is 3. The van der Waals surface area contributed by atoms with Crippen LogP contribution in [0.5, 0.6) is 0 Å². The molecule has 0 spiro atoms. The minimum atomic E-state index is -0.0852. The van der Waals surface area contributed by atoms with Crippen molar-refractivity contribution in [3.8, 4) is 5.69 Å². The van der Waals surface area contributed by atoms with Gasteiger partial charge in [-0.25, -0.2) is 4.68 Å². The summed E-state index contributed by atoms with van der Waals surface area (Å²) in [6, 6.07) is 7.61. The van der Waals surface area contributed by atoms with Gasteiger partial charge in [-0.3, -0.25) is 4.79 Å². The molecule has 1 saturated heterocycles. The van der Waals surface area contributed by atoms with Gasteiger partial charge in [0.1, 0.15) is 0 Å². The van der Waals surface area contributed by atoms with E-state index in [1.54, 1.807) is 6.20 Å². The molecule has 0 aliphatic carbocycles. The molecule has 5 nitrogen and oxygen atoms in total. The van der Waals surface area contributed by atoms with Crippen LogP contribution < -0.4 is 5.73 Å². The molecule has 0 saturated carbocycles. The number of halogens is 2. The van der Waals surface area contributed by atoms with E-state index in [9.17, 15) is 4.79 Å². The second-order valence-electron chi connectivity index (χ2n) is 8.10. The fourth-order valence-corrected chi connectivity index (χ4v) is 3.71. The summed E-state index contributed by atoms with van der Waals surface area (Å²) in [4.78, 5) is 15.1. The van der Waals surface area contributed by atoms with Gasteiger partial charge in [-0.1, -0.05) is 39.3 Å². The lowest BCUT2D eigenvalue weighted by atomic mass is 9.79. The van der Waals surface area contributed by atoms with E-state index >= 15 is 0 Å². The Morgan fingerprint density at radius 1 is 1.30 bits per heavy atom. The van der Waals surface area contributed by atoms with Crippen molar-refractivity contribution >= 4 is 29.9 Å². The number of carbonyl (C=O) groups is 1. The van der Waals surface area contributed by atoms with Crippen LogP contribution in [-0.2, 0) is 0 Å². The summed E-state index contributed by atoms with van der Waals surface area (Å²) in [6.07, 6.45) is 2.51. The van der Waals surface area contributed by atoms with Crippen molar-refractivity contribution in [2.75, 3.05) is 13.1 Å². The summed E-state index contributed by atoms with van der Waals surface area (Å²) >= 11 is 6.00. The number of aromatic nitrogens is 2. The molecule has 1 aliphatic rings. The summed E-state index contributed by atoms with van der Waals surface area (Å²) in [5.74, 6) is 0.195. The van der Waals surface area contributed by atoms with Crippen LogP contribution >= 0.6 is 24.0 Å².